The molecule has 114 valence electrons. The highest BCUT2D eigenvalue weighted by molar-refractivity contribution is 8.00. The Kier molecular flexibility index (Phi) is 5.92. The minimum atomic E-state index is 0.0180. The lowest BCUT2D eigenvalue weighted by atomic mass is 10.3. The maximum absolute atomic E-state index is 12.1. The molecule has 0 radical (unpaired) electrons. The van der Waals surface area contributed by atoms with Gasteiger partial charge in [0.25, 0.3) is 0 Å². The number of rotatable bonds is 5. The number of carbonyl (C=O) groups is 2. The van der Waals surface area contributed by atoms with Crippen LogP contribution in [0.4, 0.5) is 0 Å². The van der Waals surface area contributed by atoms with Crippen molar-refractivity contribution in [2.75, 3.05) is 32.0 Å². The Hall–Kier alpha value is -1.69. The fourth-order valence-electron chi connectivity index (χ4n) is 2.05. The first-order valence-corrected chi connectivity index (χ1v) is 8.07. The molecule has 0 aromatic heterocycles. The number of carbonyl (C=O) groups excluding carboxylic acids is 2. The summed E-state index contributed by atoms with van der Waals surface area (Å²) in [4.78, 5) is 26.2. The van der Waals surface area contributed by atoms with Crippen molar-refractivity contribution in [3.63, 3.8) is 0 Å². The third-order valence-corrected chi connectivity index (χ3v) is 4.16. The Morgan fingerprint density at radius 1 is 1.33 bits per heavy atom. The van der Waals surface area contributed by atoms with Crippen LogP contribution in [0.25, 0.3) is 0 Å². The Morgan fingerprint density at radius 2 is 2.10 bits per heavy atom. The summed E-state index contributed by atoms with van der Waals surface area (Å²) in [6, 6.07) is 7.72. The zero-order chi connectivity index (χ0) is 15.1. The van der Waals surface area contributed by atoms with Gasteiger partial charge in [0.15, 0.2) is 0 Å². The topological polar surface area (TPSA) is 58.6 Å². The number of benzene rings is 1. The number of nitrogens with zero attached hydrogens (tertiary/aromatic N) is 1. The highest BCUT2D eigenvalue weighted by atomic mass is 32.2. The third kappa shape index (κ3) is 4.97. The maximum atomic E-state index is 12.1. The van der Waals surface area contributed by atoms with Gasteiger partial charge in [-0.2, -0.15) is 0 Å². The molecule has 2 rings (SSSR count). The number of nitrogens with one attached hydrogen (secondary N) is 1. The van der Waals surface area contributed by atoms with Gasteiger partial charge in [-0.3, -0.25) is 9.59 Å². The number of hydrogen-bond donors (Lipinski definition) is 1. The summed E-state index contributed by atoms with van der Waals surface area (Å²) in [5.74, 6) is 1.32. The van der Waals surface area contributed by atoms with Crippen molar-refractivity contribution < 1.29 is 14.3 Å². The van der Waals surface area contributed by atoms with Gasteiger partial charge >= 0.3 is 0 Å². The quantitative estimate of drug-likeness (QED) is 0.838. The second kappa shape index (κ2) is 7.93. The van der Waals surface area contributed by atoms with E-state index in [9.17, 15) is 9.59 Å². The van der Waals surface area contributed by atoms with Crippen LogP contribution in [0.15, 0.2) is 29.2 Å². The standard InChI is InChI=1S/C15H20N2O3S/c1-2-20-12-3-5-13(6-4-12)21-11-15(19)17-9-7-14(18)16-8-10-17/h3-6H,2,7-11H2,1H3,(H,16,18). The molecule has 0 unspecified atom stereocenters. The van der Waals surface area contributed by atoms with Gasteiger partial charge in [-0.05, 0) is 31.2 Å². The molecule has 1 saturated heterocycles. The molecule has 5 nitrogen and oxygen atoms in total. The van der Waals surface area contributed by atoms with Gasteiger partial charge in [0.1, 0.15) is 5.75 Å². The average Bonchev–Trinajstić information content (AvgIpc) is 2.71. The fraction of sp³-hybridized carbons (Fsp3) is 0.467. The van der Waals surface area contributed by atoms with Crippen LogP contribution in [0.1, 0.15) is 13.3 Å². The number of amides is 2. The van der Waals surface area contributed by atoms with E-state index in [-0.39, 0.29) is 11.8 Å². The normalized spacial score (nSPS) is 15.3. The number of hydrogen-bond acceptors (Lipinski definition) is 4. The van der Waals surface area contributed by atoms with Crippen LogP contribution in [-0.4, -0.2) is 48.7 Å². The van der Waals surface area contributed by atoms with Crippen molar-refractivity contribution in [3.8, 4) is 5.75 Å². The summed E-state index contributed by atoms with van der Waals surface area (Å²) in [6.07, 6.45) is 0.388. The molecule has 1 aromatic carbocycles. The summed E-state index contributed by atoms with van der Waals surface area (Å²) < 4.78 is 5.38. The number of ether oxygens (including phenoxy) is 1. The molecule has 1 N–H and O–H groups in total. The van der Waals surface area contributed by atoms with E-state index in [1.165, 1.54) is 11.8 Å². The predicted octanol–water partition coefficient (Wildman–Crippen LogP) is 1.53. The molecule has 1 aromatic rings. The zero-order valence-corrected chi connectivity index (χ0v) is 12.9. The van der Waals surface area contributed by atoms with E-state index in [0.29, 0.717) is 38.4 Å². The molecule has 1 aliphatic rings. The average molecular weight is 308 g/mol. The SMILES string of the molecule is CCOc1ccc(SCC(=O)N2CCNC(=O)CC2)cc1. The molecule has 1 fully saturated rings. The van der Waals surface area contributed by atoms with E-state index in [4.69, 9.17) is 4.74 Å². The van der Waals surface area contributed by atoms with E-state index in [2.05, 4.69) is 5.32 Å². The molecule has 2 amide bonds. The Morgan fingerprint density at radius 3 is 2.81 bits per heavy atom. The minimum absolute atomic E-state index is 0.0180. The highest BCUT2D eigenvalue weighted by Gasteiger charge is 2.18. The Bertz CT molecular complexity index is 490. The number of thioether (sulfide) groups is 1. The lowest BCUT2D eigenvalue weighted by Gasteiger charge is -2.19. The molecule has 1 aliphatic heterocycles. The van der Waals surface area contributed by atoms with Gasteiger partial charge in [0, 0.05) is 31.0 Å². The van der Waals surface area contributed by atoms with Gasteiger partial charge in [-0.25, -0.2) is 0 Å². The van der Waals surface area contributed by atoms with Crippen molar-refractivity contribution in [3.05, 3.63) is 24.3 Å². The summed E-state index contributed by atoms with van der Waals surface area (Å²) >= 11 is 1.50. The van der Waals surface area contributed by atoms with Crippen LogP contribution in [0.3, 0.4) is 0 Å². The van der Waals surface area contributed by atoms with Crippen LogP contribution < -0.4 is 10.1 Å². The molecular weight excluding hydrogens is 288 g/mol. The molecule has 6 heteroatoms. The molecule has 0 aliphatic carbocycles. The molecule has 0 bridgehead atoms. The Balaban J connectivity index is 1.81. The maximum Gasteiger partial charge on any atom is 0.233 e. The Labute approximate surface area is 129 Å². The van der Waals surface area contributed by atoms with Crippen molar-refractivity contribution in [2.45, 2.75) is 18.2 Å². The van der Waals surface area contributed by atoms with Gasteiger partial charge < -0.3 is 15.0 Å². The smallest absolute Gasteiger partial charge is 0.233 e. The molecule has 0 saturated carbocycles. The summed E-state index contributed by atoms with van der Waals surface area (Å²) in [5, 5.41) is 2.77. The second-order valence-electron chi connectivity index (χ2n) is 4.67. The second-order valence-corrected chi connectivity index (χ2v) is 5.72. The highest BCUT2D eigenvalue weighted by Crippen LogP contribution is 2.21. The van der Waals surface area contributed by atoms with Crippen molar-refractivity contribution >= 4 is 23.6 Å². The summed E-state index contributed by atoms with van der Waals surface area (Å²) in [6.45, 7) is 4.23. The van der Waals surface area contributed by atoms with Crippen LogP contribution in [0, 0.1) is 0 Å². The van der Waals surface area contributed by atoms with Crippen molar-refractivity contribution in [2.24, 2.45) is 0 Å². The summed E-state index contributed by atoms with van der Waals surface area (Å²) in [5.41, 5.74) is 0. The molecular formula is C15H20N2O3S. The molecule has 1 heterocycles. The van der Waals surface area contributed by atoms with Crippen LogP contribution in [0.2, 0.25) is 0 Å². The van der Waals surface area contributed by atoms with Crippen LogP contribution in [0.5, 0.6) is 5.75 Å². The van der Waals surface area contributed by atoms with Crippen LogP contribution in [-0.2, 0) is 9.59 Å². The van der Waals surface area contributed by atoms with E-state index in [0.717, 1.165) is 10.6 Å². The van der Waals surface area contributed by atoms with E-state index >= 15 is 0 Å². The lowest BCUT2D eigenvalue weighted by molar-refractivity contribution is -0.128. The van der Waals surface area contributed by atoms with Gasteiger partial charge in [-0.15, -0.1) is 11.8 Å². The molecule has 0 spiro atoms. The van der Waals surface area contributed by atoms with Gasteiger partial charge in [0.05, 0.1) is 12.4 Å². The first kappa shape index (κ1) is 15.7. The monoisotopic (exact) mass is 308 g/mol. The van der Waals surface area contributed by atoms with Gasteiger partial charge in [-0.1, -0.05) is 0 Å². The predicted molar refractivity (Wildman–Crippen MR) is 82.5 cm³/mol. The van der Waals surface area contributed by atoms with E-state index in [1.54, 1.807) is 4.90 Å². The van der Waals surface area contributed by atoms with E-state index < -0.39 is 0 Å². The van der Waals surface area contributed by atoms with E-state index in [1.807, 2.05) is 31.2 Å². The fourth-order valence-corrected chi connectivity index (χ4v) is 2.85. The first-order chi connectivity index (χ1) is 10.2. The first-order valence-electron chi connectivity index (χ1n) is 7.09. The van der Waals surface area contributed by atoms with Gasteiger partial charge in [0.2, 0.25) is 11.8 Å². The lowest BCUT2D eigenvalue weighted by Crippen LogP contribution is -2.35. The zero-order valence-electron chi connectivity index (χ0n) is 12.1. The molecule has 0 atom stereocenters. The van der Waals surface area contributed by atoms with Crippen molar-refractivity contribution in [1.82, 2.24) is 10.2 Å². The summed E-state index contributed by atoms with van der Waals surface area (Å²) in [7, 11) is 0. The van der Waals surface area contributed by atoms with Crippen molar-refractivity contribution in [1.29, 1.82) is 0 Å². The largest absolute Gasteiger partial charge is 0.494 e. The minimum Gasteiger partial charge on any atom is -0.494 e. The molecule has 21 heavy (non-hydrogen) atoms. The third-order valence-electron chi connectivity index (χ3n) is 3.16. The van der Waals surface area contributed by atoms with Crippen LogP contribution >= 0.6 is 11.8 Å².